The third-order valence-corrected chi connectivity index (χ3v) is 2.59. The molecule has 0 bridgehead atoms. The number of aryl methyl sites for hydroxylation is 1. The molecule has 8 nitrogen and oxygen atoms in total. The van der Waals surface area contributed by atoms with Crippen LogP contribution in [-0.4, -0.2) is 23.7 Å². The number of hydrazone groups is 1. The van der Waals surface area contributed by atoms with Crippen molar-refractivity contribution in [3.63, 3.8) is 0 Å². The quantitative estimate of drug-likeness (QED) is 0.499. The van der Waals surface area contributed by atoms with Crippen LogP contribution in [-0.2, 0) is 4.79 Å². The highest BCUT2D eigenvalue weighted by atomic mass is 16.6. The van der Waals surface area contributed by atoms with E-state index in [-0.39, 0.29) is 18.0 Å². The maximum Gasteiger partial charge on any atom is 0.311 e. The second kappa shape index (κ2) is 7.02. The predicted octanol–water partition coefficient (Wildman–Crippen LogP) is 2.03. The van der Waals surface area contributed by atoms with E-state index in [9.17, 15) is 14.9 Å². The van der Waals surface area contributed by atoms with E-state index in [1.165, 1.54) is 24.6 Å². The van der Waals surface area contributed by atoms with Crippen molar-refractivity contribution >= 4 is 17.8 Å². The summed E-state index contributed by atoms with van der Waals surface area (Å²) in [6, 6.07) is 7.84. The zero-order valence-corrected chi connectivity index (χ0v) is 11.7. The maximum atomic E-state index is 11.5. The van der Waals surface area contributed by atoms with Crippen molar-refractivity contribution in [3.05, 3.63) is 58.0 Å². The molecule has 1 aromatic carbocycles. The van der Waals surface area contributed by atoms with Crippen LogP contribution in [0.15, 0.2) is 46.1 Å². The molecule has 22 heavy (non-hydrogen) atoms. The van der Waals surface area contributed by atoms with Gasteiger partial charge < -0.3 is 9.15 Å². The van der Waals surface area contributed by atoms with Gasteiger partial charge in [-0.05, 0) is 30.7 Å². The molecule has 2 rings (SSSR count). The van der Waals surface area contributed by atoms with Gasteiger partial charge in [0.15, 0.2) is 12.4 Å². The van der Waals surface area contributed by atoms with Gasteiger partial charge in [0.1, 0.15) is 5.76 Å². The lowest BCUT2D eigenvalue weighted by Crippen LogP contribution is -2.24. The van der Waals surface area contributed by atoms with Crippen LogP contribution in [0.3, 0.4) is 0 Å². The Bertz CT molecular complexity index is 695. The molecular formula is C14H13N3O5. The van der Waals surface area contributed by atoms with E-state index in [4.69, 9.17) is 9.15 Å². The summed E-state index contributed by atoms with van der Waals surface area (Å²) in [4.78, 5) is 21.9. The minimum Gasteiger partial charge on any atom is -0.477 e. The number of amides is 1. The molecule has 8 heteroatoms. The summed E-state index contributed by atoms with van der Waals surface area (Å²) >= 11 is 0. The Kier molecular flexibility index (Phi) is 4.86. The van der Waals surface area contributed by atoms with E-state index >= 15 is 0 Å². The van der Waals surface area contributed by atoms with Crippen molar-refractivity contribution in [1.29, 1.82) is 0 Å². The number of carbonyl (C=O) groups is 1. The average Bonchev–Trinajstić information content (AvgIpc) is 2.99. The number of nitrogens with one attached hydrogen (secondary N) is 1. The molecule has 1 aromatic heterocycles. The molecule has 0 aliphatic carbocycles. The minimum absolute atomic E-state index is 0.0285. The van der Waals surface area contributed by atoms with E-state index < -0.39 is 10.8 Å². The summed E-state index contributed by atoms with van der Waals surface area (Å²) in [6.45, 7) is 1.34. The van der Waals surface area contributed by atoms with E-state index in [0.717, 1.165) is 5.56 Å². The number of ether oxygens (including phenoxy) is 1. The summed E-state index contributed by atoms with van der Waals surface area (Å²) in [5.41, 5.74) is 2.77. The van der Waals surface area contributed by atoms with Gasteiger partial charge in [0.25, 0.3) is 5.91 Å². The molecule has 114 valence electrons. The van der Waals surface area contributed by atoms with Crippen LogP contribution in [0.2, 0.25) is 0 Å². The highest BCUT2D eigenvalue weighted by molar-refractivity contribution is 5.81. The number of furan rings is 1. The molecule has 0 unspecified atom stereocenters. The first-order valence-electron chi connectivity index (χ1n) is 6.29. The molecule has 1 amide bonds. The second-order valence-corrected chi connectivity index (χ2v) is 4.33. The van der Waals surface area contributed by atoms with Gasteiger partial charge in [0.05, 0.1) is 17.4 Å². The van der Waals surface area contributed by atoms with Crippen LogP contribution in [0.1, 0.15) is 11.3 Å². The Morgan fingerprint density at radius 2 is 2.32 bits per heavy atom. The minimum atomic E-state index is -0.560. The Balaban J connectivity index is 1.90. The Labute approximate surface area is 125 Å². The third kappa shape index (κ3) is 4.17. The first-order chi connectivity index (χ1) is 10.6. The summed E-state index contributed by atoms with van der Waals surface area (Å²) in [5, 5.41) is 14.6. The lowest BCUT2D eigenvalue weighted by molar-refractivity contribution is -0.385. The first-order valence-corrected chi connectivity index (χ1v) is 6.29. The zero-order chi connectivity index (χ0) is 15.9. The number of nitro benzene ring substituents is 1. The van der Waals surface area contributed by atoms with Gasteiger partial charge in [-0.3, -0.25) is 14.9 Å². The molecule has 0 spiro atoms. The molecule has 0 aliphatic rings. The number of benzene rings is 1. The van der Waals surface area contributed by atoms with E-state index in [1.54, 1.807) is 25.1 Å². The average molecular weight is 303 g/mol. The fraction of sp³-hybridized carbons (Fsp3) is 0.143. The topological polar surface area (TPSA) is 107 Å². The summed E-state index contributed by atoms with van der Waals surface area (Å²) in [6.07, 6.45) is 2.80. The van der Waals surface area contributed by atoms with Gasteiger partial charge in [0, 0.05) is 6.07 Å². The molecule has 2 aromatic rings. The second-order valence-electron chi connectivity index (χ2n) is 4.33. The largest absolute Gasteiger partial charge is 0.477 e. The van der Waals surface area contributed by atoms with Gasteiger partial charge >= 0.3 is 5.69 Å². The molecular weight excluding hydrogens is 290 g/mol. The van der Waals surface area contributed by atoms with Crippen LogP contribution in [0.5, 0.6) is 5.75 Å². The fourth-order valence-corrected chi connectivity index (χ4v) is 1.60. The standard InChI is InChI=1S/C14H13N3O5/c1-10-4-5-13(12(7-10)17(19)20)22-9-14(18)16-15-8-11-3-2-6-21-11/h2-8H,9H2,1H3,(H,16,18)/b15-8-. The summed E-state index contributed by atoms with van der Waals surface area (Å²) in [5.74, 6) is -0.0335. The van der Waals surface area contributed by atoms with Crippen LogP contribution in [0.25, 0.3) is 0 Å². The van der Waals surface area contributed by atoms with Crippen molar-refractivity contribution in [2.45, 2.75) is 6.92 Å². The SMILES string of the molecule is Cc1ccc(OCC(=O)N/N=C\c2ccco2)c([N+](=O)[O-])c1. The molecule has 1 N–H and O–H groups in total. The molecule has 0 radical (unpaired) electrons. The third-order valence-electron chi connectivity index (χ3n) is 2.59. The highest BCUT2D eigenvalue weighted by Gasteiger charge is 2.16. The van der Waals surface area contributed by atoms with Gasteiger partial charge in [-0.15, -0.1) is 0 Å². The Morgan fingerprint density at radius 3 is 3.00 bits per heavy atom. The Morgan fingerprint density at radius 1 is 1.50 bits per heavy atom. The molecule has 0 saturated carbocycles. The molecule has 1 heterocycles. The van der Waals surface area contributed by atoms with E-state index in [2.05, 4.69) is 10.5 Å². The number of nitro groups is 1. The number of hydrogen-bond donors (Lipinski definition) is 1. The maximum absolute atomic E-state index is 11.5. The van der Waals surface area contributed by atoms with Crippen molar-refractivity contribution in [1.82, 2.24) is 5.43 Å². The summed E-state index contributed by atoms with van der Waals surface area (Å²) < 4.78 is 10.1. The predicted molar refractivity (Wildman–Crippen MR) is 77.8 cm³/mol. The summed E-state index contributed by atoms with van der Waals surface area (Å²) in [7, 11) is 0. The smallest absolute Gasteiger partial charge is 0.311 e. The van der Waals surface area contributed by atoms with Crippen LogP contribution >= 0.6 is 0 Å². The number of nitrogens with zero attached hydrogens (tertiary/aromatic N) is 2. The lowest BCUT2D eigenvalue weighted by Gasteiger charge is -2.06. The van der Waals surface area contributed by atoms with Crippen LogP contribution in [0, 0.1) is 17.0 Å². The normalized spacial score (nSPS) is 10.6. The van der Waals surface area contributed by atoms with Crippen molar-refractivity contribution in [2.75, 3.05) is 6.61 Å². The van der Waals surface area contributed by atoms with Crippen LogP contribution < -0.4 is 10.2 Å². The zero-order valence-electron chi connectivity index (χ0n) is 11.7. The van der Waals surface area contributed by atoms with Crippen molar-refractivity contribution in [3.8, 4) is 5.75 Å². The fourth-order valence-electron chi connectivity index (χ4n) is 1.60. The van der Waals surface area contributed by atoms with E-state index in [1.807, 2.05) is 0 Å². The van der Waals surface area contributed by atoms with E-state index in [0.29, 0.717) is 5.76 Å². The number of rotatable bonds is 6. The molecule has 0 atom stereocenters. The Hall–Kier alpha value is -3.16. The molecule has 0 fully saturated rings. The monoisotopic (exact) mass is 303 g/mol. The van der Waals surface area contributed by atoms with Gasteiger partial charge in [0.2, 0.25) is 0 Å². The molecule has 0 saturated heterocycles. The molecule has 0 aliphatic heterocycles. The number of hydrogen-bond acceptors (Lipinski definition) is 6. The van der Waals surface area contributed by atoms with Crippen molar-refractivity contribution < 1.29 is 18.9 Å². The first kappa shape index (κ1) is 15.2. The lowest BCUT2D eigenvalue weighted by atomic mass is 10.2. The number of carbonyl (C=O) groups excluding carboxylic acids is 1. The van der Waals surface area contributed by atoms with Gasteiger partial charge in [-0.1, -0.05) is 6.07 Å². The van der Waals surface area contributed by atoms with Crippen molar-refractivity contribution in [2.24, 2.45) is 5.10 Å². The highest BCUT2D eigenvalue weighted by Crippen LogP contribution is 2.27. The van der Waals surface area contributed by atoms with Gasteiger partial charge in [-0.25, -0.2) is 5.43 Å². The van der Waals surface area contributed by atoms with Crippen LogP contribution in [0.4, 0.5) is 5.69 Å². The van der Waals surface area contributed by atoms with Gasteiger partial charge in [-0.2, -0.15) is 5.10 Å².